The van der Waals surface area contributed by atoms with Crippen molar-refractivity contribution < 1.29 is 28.6 Å². The normalized spacial score (nSPS) is 12.0. The van der Waals surface area contributed by atoms with E-state index in [0.29, 0.717) is 19.3 Å². The second kappa shape index (κ2) is 51.8. The Hall–Kier alpha value is -1.85. The third-order valence-electron chi connectivity index (χ3n) is 12.5. The molecule has 1 unspecified atom stereocenters. The summed E-state index contributed by atoms with van der Waals surface area (Å²) >= 11 is 0. The van der Waals surface area contributed by atoms with Gasteiger partial charge < -0.3 is 14.2 Å². The van der Waals surface area contributed by atoms with Gasteiger partial charge in [0.2, 0.25) is 0 Å². The lowest BCUT2D eigenvalue weighted by molar-refractivity contribution is -0.167. The van der Waals surface area contributed by atoms with Crippen molar-refractivity contribution in [1.29, 1.82) is 0 Å². The number of esters is 3. The van der Waals surface area contributed by atoms with Crippen molar-refractivity contribution in [3.05, 3.63) is 12.2 Å². The molecule has 0 spiro atoms. The molecule has 0 rings (SSSR count). The number of rotatable bonds is 51. The topological polar surface area (TPSA) is 78.9 Å². The predicted octanol–water partition coefficient (Wildman–Crippen LogP) is 18.2. The van der Waals surface area contributed by atoms with E-state index in [1.165, 1.54) is 205 Å². The lowest BCUT2D eigenvalue weighted by Crippen LogP contribution is -2.30. The minimum atomic E-state index is -0.766. The molecule has 0 amide bonds. The number of hydrogen-bond donors (Lipinski definition) is 0. The first-order valence-electron chi connectivity index (χ1n) is 27.7. The molecule has 0 saturated heterocycles. The molecule has 6 nitrogen and oxygen atoms in total. The molecular weight excluding hydrogens is 769 g/mol. The Balaban J connectivity index is 3.98. The number of hydrogen-bond acceptors (Lipinski definition) is 6. The van der Waals surface area contributed by atoms with E-state index in [2.05, 4.69) is 32.9 Å². The summed E-state index contributed by atoms with van der Waals surface area (Å²) in [5, 5.41) is 0. The van der Waals surface area contributed by atoms with Crippen LogP contribution in [0.3, 0.4) is 0 Å². The molecule has 366 valence electrons. The second-order valence-electron chi connectivity index (χ2n) is 18.9. The van der Waals surface area contributed by atoms with Gasteiger partial charge in [0.15, 0.2) is 6.10 Å². The fourth-order valence-corrected chi connectivity index (χ4v) is 8.32. The van der Waals surface area contributed by atoms with Crippen LogP contribution in [0.2, 0.25) is 0 Å². The molecule has 0 radical (unpaired) electrons. The summed E-state index contributed by atoms with van der Waals surface area (Å²) in [7, 11) is 0. The molecule has 0 aliphatic rings. The zero-order valence-corrected chi connectivity index (χ0v) is 41.9. The molecule has 0 aromatic carbocycles. The highest BCUT2D eigenvalue weighted by Gasteiger charge is 2.19. The van der Waals surface area contributed by atoms with E-state index in [1.807, 2.05) is 0 Å². The quantitative estimate of drug-likeness (QED) is 0.0262. The Morgan fingerprint density at radius 2 is 0.532 bits per heavy atom. The van der Waals surface area contributed by atoms with E-state index in [4.69, 9.17) is 14.2 Å². The van der Waals surface area contributed by atoms with Gasteiger partial charge in [-0.25, -0.2) is 0 Å². The number of carbonyl (C=O) groups is 3. The molecule has 62 heavy (non-hydrogen) atoms. The monoisotopic (exact) mass is 875 g/mol. The lowest BCUT2D eigenvalue weighted by atomic mass is 10.0. The number of carbonyl (C=O) groups excluding carboxylic acids is 3. The molecule has 0 heterocycles. The van der Waals surface area contributed by atoms with Gasteiger partial charge in [-0.2, -0.15) is 0 Å². The van der Waals surface area contributed by atoms with Crippen LogP contribution < -0.4 is 0 Å². The average Bonchev–Trinajstić information content (AvgIpc) is 3.27. The highest BCUT2D eigenvalue weighted by molar-refractivity contribution is 5.71. The maximum Gasteiger partial charge on any atom is 0.306 e. The molecule has 0 N–H and O–H groups in total. The Morgan fingerprint density at radius 1 is 0.306 bits per heavy atom. The highest BCUT2D eigenvalue weighted by atomic mass is 16.6. The zero-order chi connectivity index (χ0) is 45.1. The molecule has 1 atom stereocenters. The van der Waals surface area contributed by atoms with Crippen molar-refractivity contribution in [2.45, 2.75) is 316 Å². The van der Waals surface area contributed by atoms with Crippen LogP contribution in [0.1, 0.15) is 310 Å². The van der Waals surface area contributed by atoms with Crippen molar-refractivity contribution in [3.8, 4) is 0 Å². The van der Waals surface area contributed by atoms with Gasteiger partial charge in [-0.05, 0) is 44.9 Å². The van der Waals surface area contributed by atoms with Crippen LogP contribution in [0.25, 0.3) is 0 Å². The van der Waals surface area contributed by atoms with Crippen LogP contribution in [0.5, 0.6) is 0 Å². The van der Waals surface area contributed by atoms with Crippen LogP contribution in [-0.4, -0.2) is 37.2 Å². The van der Waals surface area contributed by atoms with Crippen molar-refractivity contribution in [2.75, 3.05) is 13.2 Å². The van der Waals surface area contributed by atoms with E-state index >= 15 is 0 Å². The minimum absolute atomic E-state index is 0.0691. The summed E-state index contributed by atoms with van der Waals surface area (Å²) in [5.74, 6) is -0.873. The lowest BCUT2D eigenvalue weighted by Gasteiger charge is -2.18. The summed E-state index contributed by atoms with van der Waals surface area (Å²) in [6.07, 6.45) is 58.2. The van der Waals surface area contributed by atoms with E-state index in [0.717, 1.165) is 64.2 Å². The SMILES string of the molecule is CCCCC/C=C\CCCCCCCC(=O)OC(COC(=O)CCCCCCCC)COC(=O)CCCCCCCCCCCCCCCCCCCCCCCCCCCC. The minimum Gasteiger partial charge on any atom is -0.462 e. The van der Waals surface area contributed by atoms with Gasteiger partial charge in [0.05, 0.1) is 0 Å². The standard InChI is InChI=1S/C56H106O6/c1-4-7-10-13-16-18-20-22-23-24-25-26-27-28-29-30-31-32-33-34-35-37-38-40-43-46-49-55(58)61-52-53(51-60-54(57)48-45-42-15-12-9-6-3)62-56(59)50-47-44-41-39-36-21-19-17-14-11-8-5-2/h17,19,53H,4-16,18,20-52H2,1-3H3/b19-17-. The van der Waals surface area contributed by atoms with Gasteiger partial charge in [-0.1, -0.05) is 258 Å². The van der Waals surface area contributed by atoms with Crippen LogP contribution in [-0.2, 0) is 28.6 Å². The summed E-state index contributed by atoms with van der Waals surface area (Å²) < 4.78 is 16.7. The summed E-state index contributed by atoms with van der Waals surface area (Å²) in [5.41, 5.74) is 0. The molecule has 0 fully saturated rings. The van der Waals surface area contributed by atoms with Crippen molar-refractivity contribution in [1.82, 2.24) is 0 Å². The predicted molar refractivity (Wildman–Crippen MR) is 266 cm³/mol. The first kappa shape index (κ1) is 60.2. The van der Waals surface area contributed by atoms with Gasteiger partial charge in [0, 0.05) is 19.3 Å². The number of allylic oxidation sites excluding steroid dienone is 2. The van der Waals surface area contributed by atoms with Crippen LogP contribution in [0.15, 0.2) is 12.2 Å². The first-order chi connectivity index (χ1) is 30.5. The van der Waals surface area contributed by atoms with Gasteiger partial charge in [-0.3, -0.25) is 14.4 Å². The molecule has 0 aliphatic heterocycles. The summed E-state index contributed by atoms with van der Waals surface area (Å²) in [4.78, 5) is 37.7. The highest BCUT2D eigenvalue weighted by Crippen LogP contribution is 2.17. The molecule has 0 aliphatic carbocycles. The first-order valence-corrected chi connectivity index (χ1v) is 27.7. The molecule has 6 heteroatoms. The third-order valence-corrected chi connectivity index (χ3v) is 12.5. The molecular formula is C56H106O6. The van der Waals surface area contributed by atoms with Gasteiger partial charge in [-0.15, -0.1) is 0 Å². The maximum atomic E-state index is 12.7. The van der Waals surface area contributed by atoms with Gasteiger partial charge >= 0.3 is 17.9 Å². The van der Waals surface area contributed by atoms with E-state index in [9.17, 15) is 14.4 Å². The smallest absolute Gasteiger partial charge is 0.306 e. The summed E-state index contributed by atoms with van der Waals surface area (Å²) in [6.45, 7) is 6.59. The van der Waals surface area contributed by atoms with Gasteiger partial charge in [0.25, 0.3) is 0 Å². The fourth-order valence-electron chi connectivity index (χ4n) is 8.32. The molecule has 0 aromatic rings. The van der Waals surface area contributed by atoms with E-state index in [-0.39, 0.29) is 31.1 Å². The zero-order valence-electron chi connectivity index (χ0n) is 41.9. The average molecular weight is 875 g/mol. The molecule has 0 saturated carbocycles. The Labute approximate surface area is 386 Å². The maximum absolute atomic E-state index is 12.7. The Morgan fingerprint density at radius 3 is 0.839 bits per heavy atom. The fraction of sp³-hybridized carbons (Fsp3) is 0.911. The Bertz CT molecular complexity index is 962. The van der Waals surface area contributed by atoms with Gasteiger partial charge in [0.1, 0.15) is 13.2 Å². The van der Waals surface area contributed by atoms with Crippen LogP contribution in [0, 0.1) is 0 Å². The molecule has 0 bridgehead atoms. The third kappa shape index (κ3) is 49.2. The summed E-state index contributed by atoms with van der Waals surface area (Å²) in [6, 6.07) is 0. The largest absolute Gasteiger partial charge is 0.462 e. The van der Waals surface area contributed by atoms with Crippen molar-refractivity contribution in [2.24, 2.45) is 0 Å². The van der Waals surface area contributed by atoms with E-state index in [1.54, 1.807) is 0 Å². The Kier molecular flexibility index (Phi) is 50.2. The second-order valence-corrected chi connectivity index (χ2v) is 18.9. The number of ether oxygens (including phenoxy) is 3. The van der Waals surface area contributed by atoms with Crippen LogP contribution >= 0.6 is 0 Å². The van der Waals surface area contributed by atoms with Crippen molar-refractivity contribution >= 4 is 17.9 Å². The van der Waals surface area contributed by atoms with E-state index < -0.39 is 6.10 Å². The number of unbranched alkanes of at least 4 members (excludes halogenated alkanes) is 38. The molecule has 0 aromatic heterocycles. The van der Waals surface area contributed by atoms with Crippen LogP contribution in [0.4, 0.5) is 0 Å². The van der Waals surface area contributed by atoms with Crippen molar-refractivity contribution in [3.63, 3.8) is 0 Å².